The van der Waals surface area contributed by atoms with Gasteiger partial charge in [-0.3, -0.25) is 0 Å². The second-order valence-corrected chi connectivity index (χ2v) is 11.4. The van der Waals surface area contributed by atoms with Gasteiger partial charge in [-0.05, 0) is 75.5 Å². The highest BCUT2D eigenvalue weighted by Gasteiger charge is 2.20. The Balaban J connectivity index is 1.39. The molecule has 0 fully saturated rings. The third-order valence-corrected chi connectivity index (χ3v) is 8.91. The average Bonchev–Trinajstić information content (AvgIpc) is 3.43. The van der Waals surface area contributed by atoms with Crippen molar-refractivity contribution in [1.82, 2.24) is 4.57 Å². The molecule has 0 atom stereocenters. The molecule has 0 bridgehead atoms. The number of anilines is 3. The van der Waals surface area contributed by atoms with E-state index < -0.39 is 0 Å². The lowest BCUT2D eigenvalue weighted by molar-refractivity contribution is 1.18. The van der Waals surface area contributed by atoms with Gasteiger partial charge in [0.1, 0.15) is 0 Å². The van der Waals surface area contributed by atoms with E-state index in [9.17, 15) is 0 Å². The zero-order chi connectivity index (χ0) is 29.0. The van der Waals surface area contributed by atoms with E-state index in [2.05, 4.69) is 179 Å². The molecular formula is C42H28N2. The Morgan fingerprint density at radius 3 is 1.75 bits per heavy atom. The smallest absolute Gasteiger partial charge is 0.0561 e. The Morgan fingerprint density at radius 2 is 0.955 bits per heavy atom. The molecule has 0 amide bonds. The largest absolute Gasteiger partial charge is 0.310 e. The second kappa shape index (κ2) is 9.86. The summed E-state index contributed by atoms with van der Waals surface area (Å²) in [4.78, 5) is 2.43. The Labute approximate surface area is 255 Å². The fourth-order valence-corrected chi connectivity index (χ4v) is 6.99. The van der Waals surface area contributed by atoms with Crippen LogP contribution in [0.4, 0.5) is 17.1 Å². The molecule has 9 rings (SSSR count). The number of rotatable bonds is 4. The van der Waals surface area contributed by atoms with Crippen LogP contribution >= 0.6 is 0 Å². The molecular weight excluding hydrogens is 532 g/mol. The molecule has 8 aromatic carbocycles. The van der Waals surface area contributed by atoms with Gasteiger partial charge >= 0.3 is 0 Å². The van der Waals surface area contributed by atoms with Gasteiger partial charge in [-0.2, -0.15) is 0 Å². The molecule has 1 heterocycles. The van der Waals surface area contributed by atoms with Crippen LogP contribution in [0.5, 0.6) is 0 Å². The molecule has 0 aliphatic carbocycles. The molecule has 2 nitrogen and oxygen atoms in total. The fraction of sp³-hybridized carbons (Fsp3) is 0. The number of para-hydroxylation sites is 3. The second-order valence-electron chi connectivity index (χ2n) is 11.4. The van der Waals surface area contributed by atoms with Crippen LogP contribution in [0.3, 0.4) is 0 Å². The monoisotopic (exact) mass is 560 g/mol. The minimum atomic E-state index is 1.12. The molecule has 0 aliphatic rings. The summed E-state index contributed by atoms with van der Waals surface area (Å²) in [6.07, 6.45) is 0. The quantitative estimate of drug-likeness (QED) is 0.194. The predicted octanol–water partition coefficient (Wildman–Crippen LogP) is 11.7. The van der Waals surface area contributed by atoms with E-state index in [0.29, 0.717) is 0 Å². The Hall–Kier alpha value is -5.86. The first-order valence-corrected chi connectivity index (χ1v) is 15.1. The van der Waals surface area contributed by atoms with Crippen LogP contribution in [0.2, 0.25) is 0 Å². The maximum absolute atomic E-state index is 2.43. The Morgan fingerprint density at radius 1 is 0.364 bits per heavy atom. The number of benzene rings is 8. The van der Waals surface area contributed by atoms with E-state index in [1.54, 1.807) is 0 Å². The maximum atomic E-state index is 2.43. The summed E-state index contributed by atoms with van der Waals surface area (Å²) in [5.74, 6) is 0. The average molecular weight is 561 g/mol. The van der Waals surface area contributed by atoms with Gasteiger partial charge in [0.05, 0.1) is 16.7 Å². The molecule has 0 N–H and O–H groups in total. The highest BCUT2D eigenvalue weighted by molar-refractivity contribution is 6.24. The van der Waals surface area contributed by atoms with E-state index in [-0.39, 0.29) is 0 Å². The summed E-state index contributed by atoms with van der Waals surface area (Å²) < 4.78 is 2.39. The zero-order valence-corrected chi connectivity index (χ0v) is 24.1. The van der Waals surface area contributed by atoms with E-state index in [0.717, 1.165) is 22.7 Å². The topological polar surface area (TPSA) is 8.17 Å². The standard InChI is InChI=1S/C42H28N2/c1-3-15-31(16-4-1)43(40-27-30-14-8-10-20-35(30)42-34-19-9-7-13-29(34)23-25-38(40)42)33-24-26-37-36-21-11-12-22-39(36)44(41(37)28-33)32-17-5-2-6-18-32/h1-28H. The molecule has 206 valence electrons. The van der Waals surface area contributed by atoms with Gasteiger partial charge in [0.15, 0.2) is 0 Å². The SMILES string of the molecule is c1ccc(N(c2ccc3c4ccccc4n(-c4ccccc4)c3c2)c2cc3ccccc3c3c2ccc2ccccc23)cc1. The molecule has 0 unspecified atom stereocenters. The number of hydrogen-bond acceptors (Lipinski definition) is 1. The van der Waals surface area contributed by atoms with Gasteiger partial charge in [-0.25, -0.2) is 0 Å². The molecule has 0 aliphatic heterocycles. The summed E-state index contributed by atoms with van der Waals surface area (Å²) in [7, 11) is 0. The van der Waals surface area contributed by atoms with Crippen LogP contribution in [0.1, 0.15) is 0 Å². The van der Waals surface area contributed by atoms with Crippen LogP contribution in [-0.4, -0.2) is 4.57 Å². The van der Waals surface area contributed by atoms with Crippen molar-refractivity contribution in [2.75, 3.05) is 4.90 Å². The lowest BCUT2D eigenvalue weighted by Crippen LogP contribution is -2.11. The molecule has 0 saturated heterocycles. The Kier molecular flexibility index (Phi) is 5.54. The van der Waals surface area contributed by atoms with Crippen molar-refractivity contribution in [1.29, 1.82) is 0 Å². The van der Waals surface area contributed by atoms with E-state index in [4.69, 9.17) is 0 Å². The minimum absolute atomic E-state index is 1.12. The molecule has 0 radical (unpaired) electrons. The molecule has 2 heteroatoms. The van der Waals surface area contributed by atoms with E-state index in [1.807, 2.05) is 0 Å². The third kappa shape index (κ3) is 3.75. The van der Waals surface area contributed by atoms with Crippen LogP contribution in [-0.2, 0) is 0 Å². The van der Waals surface area contributed by atoms with E-state index in [1.165, 1.54) is 54.1 Å². The van der Waals surface area contributed by atoms with Crippen LogP contribution in [0.15, 0.2) is 170 Å². The molecule has 44 heavy (non-hydrogen) atoms. The van der Waals surface area contributed by atoms with Gasteiger partial charge in [0.25, 0.3) is 0 Å². The summed E-state index contributed by atoms with van der Waals surface area (Å²) >= 11 is 0. The summed E-state index contributed by atoms with van der Waals surface area (Å²) in [6, 6.07) is 61.5. The molecule has 1 aromatic heterocycles. The highest BCUT2D eigenvalue weighted by atomic mass is 15.1. The van der Waals surface area contributed by atoms with Crippen LogP contribution < -0.4 is 4.90 Å². The third-order valence-electron chi connectivity index (χ3n) is 8.91. The summed E-state index contributed by atoms with van der Waals surface area (Å²) in [6.45, 7) is 0. The first-order valence-electron chi connectivity index (χ1n) is 15.1. The predicted molar refractivity (Wildman–Crippen MR) is 188 cm³/mol. The number of fused-ring (bicyclic) bond motifs is 8. The van der Waals surface area contributed by atoms with Crippen molar-refractivity contribution < 1.29 is 0 Å². The maximum Gasteiger partial charge on any atom is 0.0561 e. The van der Waals surface area contributed by atoms with Crippen molar-refractivity contribution in [2.45, 2.75) is 0 Å². The van der Waals surface area contributed by atoms with Crippen molar-refractivity contribution in [3.63, 3.8) is 0 Å². The molecule has 0 saturated carbocycles. The van der Waals surface area contributed by atoms with Crippen molar-refractivity contribution in [3.05, 3.63) is 170 Å². The van der Waals surface area contributed by atoms with Gasteiger partial charge in [-0.15, -0.1) is 0 Å². The number of aromatic nitrogens is 1. The lowest BCUT2D eigenvalue weighted by atomic mass is 9.94. The zero-order valence-electron chi connectivity index (χ0n) is 24.1. The normalized spacial score (nSPS) is 11.6. The van der Waals surface area contributed by atoms with Crippen molar-refractivity contribution in [2.24, 2.45) is 0 Å². The first kappa shape index (κ1) is 24.7. The lowest BCUT2D eigenvalue weighted by Gasteiger charge is -2.28. The van der Waals surface area contributed by atoms with Crippen molar-refractivity contribution in [3.8, 4) is 5.69 Å². The fourth-order valence-electron chi connectivity index (χ4n) is 6.99. The summed E-state index contributed by atoms with van der Waals surface area (Å²) in [5, 5.41) is 10.1. The number of hydrogen-bond donors (Lipinski definition) is 0. The first-order chi connectivity index (χ1) is 21.8. The summed E-state index contributed by atoms with van der Waals surface area (Å²) in [5.41, 5.74) is 6.96. The van der Waals surface area contributed by atoms with E-state index >= 15 is 0 Å². The van der Waals surface area contributed by atoms with Crippen molar-refractivity contribution >= 4 is 71.2 Å². The van der Waals surface area contributed by atoms with Crippen LogP contribution in [0, 0.1) is 0 Å². The van der Waals surface area contributed by atoms with Gasteiger partial charge in [0.2, 0.25) is 0 Å². The van der Waals surface area contributed by atoms with Crippen LogP contribution in [0.25, 0.3) is 59.8 Å². The van der Waals surface area contributed by atoms with Gasteiger partial charge < -0.3 is 9.47 Å². The Bertz CT molecular complexity index is 2480. The highest BCUT2D eigenvalue weighted by Crippen LogP contribution is 2.45. The minimum Gasteiger partial charge on any atom is -0.310 e. The molecule has 0 spiro atoms. The molecule has 9 aromatic rings. The number of nitrogens with zero attached hydrogens (tertiary/aromatic N) is 2. The van der Waals surface area contributed by atoms with Gasteiger partial charge in [0, 0.05) is 33.2 Å². The van der Waals surface area contributed by atoms with Gasteiger partial charge in [-0.1, -0.05) is 121 Å².